The number of aliphatic hydroxyl groups excluding tert-OH is 1. The second kappa shape index (κ2) is 8.48. The molecule has 11 atom stereocenters. The maximum atomic E-state index is 10.6. The van der Waals surface area contributed by atoms with Gasteiger partial charge < -0.3 is 5.11 Å². The molecule has 0 saturated heterocycles. The van der Waals surface area contributed by atoms with Crippen LogP contribution in [0.15, 0.2) is 11.6 Å². The molecule has 0 bridgehead atoms. The average Bonchev–Trinajstić information content (AvgIpc) is 3.07. The summed E-state index contributed by atoms with van der Waals surface area (Å²) in [6.07, 6.45) is 13.5. The molecule has 4 rings (SSSR count). The minimum Gasteiger partial charge on any atom is -0.393 e. The van der Waals surface area contributed by atoms with Crippen LogP contribution in [0.2, 0.25) is 0 Å². The molecule has 0 heterocycles. The van der Waals surface area contributed by atoms with Gasteiger partial charge in [0, 0.05) is 0 Å². The molecule has 6 unspecified atom stereocenters. The Labute approximate surface area is 193 Å². The first-order valence-electron chi connectivity index (χ1n) is 13.9. The SMILES string of the molecule is C/C(=C\[C@@H](C)[C@H]1CCC2C3CCC4[C@H](C)[C@@H](O)CCC4(C)C3CCC21C)[C@H](C)C(C)C. The summed E-state index contributed by atoms with van der Waals surface area (Å²) < 4.78 is 0. The van der Waals surface area contributed by atoms with Crippen LogP contribution >= 0.6 is 0 Å². The normalized spacial score (nSPS) is 49.9. The minimum absolute atomic E-state index is 0.0524. The van der Waals surface area contributed by atoms with Crippen molar-refractivity contribution in [3.8, 4) is 0 Å². The largest absolute Gasteiger partial charge is 0.393 e. The van der Waals surface area contributed by atoms with Gasteiger partial charge >= 0.3 is 0 Å². The summed E-state index contributed by atoms with van der Waals surface area (Å²) in [7, 11) is 0. The van der Waals surface area contributed by atoms with Gasteiger partial charge in [0.2, 0.25) is 0 Å². The van der Waals surface area contributed by atoms with Gasteiger partial charge in [-0.2, -0.15) is 0 Å². The van der Waals surface area contributed by atoms with E-state index in [9.17, 15) is 5.11 Å². The molecule has 31 heavy (non-hydrogen) atoms. The van der Waals surface area contributed by atoms with E-state index in [0.717, 1.165) is 41.9 Å². The van der Waals surface area contributed by atoms with E-state index in [-0.39, 0.29) is 6.10 Å². The highest BCUT2D eigenvalue weighted by atomic mass is 16.3. The van der Waals surface area contributed by atoms with Crippen LogP contribution in [0.25, 0.3) is 0 Å². The molecule has 4 aliphatic rings. The third kappa shape index (κ3) is 3.77. The predicted octanol–water partition coefficient (Wildman–Crippen LogP) is 8.13. The van der Waals surface area contributed by atoms with Crippen molar-refractivity contribution in [3.05, 3.63) is 11.6 Å². The van der Waals surface area contributed by atoms with E-state index in [1.165, 1.54) is 44.9 Å². The smallest absolute Gasteiger partial charge is 0.0568 e. The van der Waals surface area contributed by atoms with E-state index in [1.54, 1.807) is 5.57 Å². The zero-order valence-electron chi connectivity index (χ0n) is 22.0. The van der Waals surface area contributed by atoms with Crippen molar-refractivity contribution in [2.45, 2.75) is 113 Å². The van der Waals surface area contributed by atoms with Gasteiger partial charge in [0.15, 0.2) is 0 Å². The fourth-order valence-electron chi connectivity index (χ4n) is 9.82. The van der Waals surface area contributed by atoms with Crippen LogP contribution in [0.4, 0.5) is 0 Å². The van der Waals surface area contributed by atoms with Crippen molar-refractivity contribution >= 4 is 0 Å². The Hall–Kier alpha value is -0.300. The number of allylic oxidation sites excluding steroid dienone is 2. The van der Waals surface area contributed by atoms with Crippen LogP contribution in [0.3, 0.4) is 0 Å². The van der Waals surface area contributed by atoms with Gasteiger partial charge in [0.05, 0.1) is 6.10 Å². The fraction of sp³-hybridized carbons (Fsp3) is 0.933. The van der Waals surface area contributed by atoms with E-state index in [4.69, 9.17) is 0 Å². The lowest BCUT2D eigenvalue weighted by Crippen LogP contribution is -2.56. The lowest BCUT2D eigenvalue weighted by atomic mass is 9.43. The second-order valence-corrected chi connectivity index (χ2v) is 13.6. The van der Waals surface area contributed by atoms with Gasteiger partial charge in [0.1, 0.15) is 0 Å². The number of aliphatic hydroxyl groups is 1. The van der Waals surface area contributed by atoms with Crippen molar-refractivity contribution in [2.75, 3.05) is 0 Å². The molecule has 1 nitrogen and oxygen atoms in total. The van der Waals surface area contributed by atoms with E-state index in [0.29, 0.717) is 28.6 Å². The average molecular weight is 429 g/mol. The molecule has 4 saturated carbocycles. The molecule has 0 aromatic carbocycles. The van der Waals surface area contributed by atoms with Crippen LogP contribution < -0.4 is 0 Å². The molecule has 4 aliphatic carbocycles. The highest BCUT2D eigenvalue weighted by Crippen LogP contribution is 2.68. The monoisotopic (exact) mass is 428 g/mol. The van der Waals surface area contributed by atoms with Gasteiger partial charge in [0.25, 0.3) is 0 Å². The molecular weight excluding hydrogens is 376 g/mol. The zero-order valence-corrected chi connectivity index (χ0v) is 22.0. The summed E-state index contributed by atoms with van der Waals surface area (Å²) >= 11 is 0. The molecule has 1 N–H and O–H groups in total. The molecule has 0 aromatic rings. The third-order valence-electron chi connectivity index (χ3n) is 12.1. The van der Waals surface area contributed by atoms with E-state index in [2.05, 4.69) is 61.5 Å². The lowest BCUT2D eigenvalue weighted by Gasteiger charge is -2.62. The minimum atomic E-state index is -0.0524. The van der Waals surface area contributed by atoms with E-state index < -0.39 is 0 Å². The van der Waals surface area contributed by atoms with Crippen molar-refractivity contribution in [1.29, 1.82) is 0 Å². The maximum absolute atomic E-state index is 10.6. The Kier molecular flexibility index (Phi) is 6.53. The van der Waals surface area contributed by atoms with Gasteiger partial charge in [-0.1, -0.05) is 60.1 Å². The Morgan fingerprint density at radius 1 is 0.839 bits per heavy atom. The van der Waals surface area contributed by atoms with E-state index in [1.807, 2.05) is 0 Å². The van der Waals surface area contributed by atoms with Crippen molar-refractivity contribution < 1.29 is 5.11 Å². The molecule has 0 spiro atoms. The number of hydrogen-bond donors (Lipinski definition) is 1. The predicted molar refractivity (Wildman–Crippen MR) is 133 cm³/mol. The maximum Gasteiger partial charge on any atom is 0.0568 e. The topological polar surface area (TPSA) is 20.2 Å². The molecule has 0 aliphatic heterocycles. The first-order valence-corrected chi connectivity index (χ1v) is 13.9. The first kappa shape index (κ1) is 23.8. The second-order valence-electron chi connectivity index (χ2n) is 13.6. The number of fused-ring (bicyclic) bond motifs is 5. The highest BCUT2D eigenvalue weighted by Gasteiger charge is 2.61. The van der Waals surface area contributed by atoms with Crippen molar-refractivity contribution in [3.63, 3.8) is 0 Å². The Morgan fingerprint density at radius 3 is 2.13 bits per heavy atom. The number of rotatable bonds is 4. The van der Waals surface area contributed by atoms with Crippen LogP contribution in [0.1, 0.15) is 107 Å². The first-order chi connectivity index (χ1) is 14.5. The summed E-state index contributed by atoms with van der Waals surface area (Å²) in [5.74, 6) is 7.05. The quantitative estimate of drug-likeness (QED) is 0.448. The van der Waals surface area contributed by atoms with Crippen molar-refractivity contribution in [1.82, 2.24) is 0 Å². The van der Waals surface area contributed by atoms with Crippen LogP contribution in [-0.2, 0) is 0 Å². The standard InChI is InChI=1S/C30H52O/c1-18(2)21(5)19(3)17-20(4)24-11-12-26-23-9-10-25-22(6)28(31)14-16-30(25,8)27(23)13-15-29(24,26)7/h17-18,20-28,31H,9-16H2,1-8H3/b19-17+/t20-,21-,22+,23?,24-,25?,26?,27?,28+,29?,30?/m1/s1. The van der Waals surface area contributed by atoms with E-state index >= 15 is 0 Å². The Balaban J connectivity index is 1.53. The molecule has 0 radical (unpaired) electrons. The number of hydrogen-bond acceptors (Lipinski definition) is 1. The Morgan fingerprint density at radius 2 is 1.45 bits per heavy atom. The van der Waals surface area contributed by atoms with Crippen molar-refractivity contribution in [2.24, 2.45) is 64.1 Å². The molecule has 4 fully saturated rings. The van der Waals surface area contributed by atoms with Gasteiger partial charge in [-0.25, -0.2) is 0 Å². The zero-order chi connectivity index (χ0) is 22.7. The molecule has 178 valence electrons. The molecule has 1 heteroatoms. The van der Waals surface area contributed by atoms with Gasteiger partial charge in [-0.05, 0) is 122 Å². The lowest BCUT2D eigenvalue weighted by molar-refractivity contribution is -0.148. The summed E-state index contributed by atoms with van der Waals surface area (Å²) in [5, 5.41) is 10.6. The highest BCUT2D eigenvalue weighted by molar-refractivity contribution is 5.13. The van der Waals surface area contributed by atoms with Gasteiger partial charge in [-0.15, -0.1) is 0 Å². The summed E-state index contributed by atoms with van der Waals surface area (Å²) in [6.45, 7) is 19.7. The summed E-state index contributed by atoms with van der Waals surface area (Å²) in [4.78, 5) is 0. The third-order valence-corrected chi connectivity index (χ3v) is 12.1. The molecule has 0 aromatic heterocycles. The van der Waals surface area contributed by atoms with Crippen LogP contribution in [-0.4, -0.2) is 11.2 Å². The van der Waals surface area contributed by atoms with Crippen LogP contribution in [0.5, 0.6) is 0 Å². The summed E-state index contributed by atoms with van der Waals surface area (Å²) in [6, 6.07) is 0. The fourth-order valence-corrected chi connectivity index (χ4v) is 9.82. The van der Waals surface area contributed by atoms with Gasteiger partial charge in [-0.3, -0.25) is 0 Å². The summed E-state index contributed by atoms with van der Waals surface area (Å²) in [5.41, 5.74) is 2.64. The molecular formula is C30H52O. The molecule has 0 amide bonds. The van der Waals surface area contributed by atoms with Crippen LogP contribution in [0, 0.1) is 64.1 Å². The Bertz CT molecular complexity index is 678.